The fraction of sp³-hybridized carbons (Fsp3) is 0.381. The summed E-state index contributed by atoms with van der Waals surface area (Å²) in [4.78, 5) is 37.2. The molecule has 0 saturated heterocycles. The van der Waals surface area contributed by atoms with Crippen molar-refractivity contribution in [2.24, 2.45) is 0 Å². The highest BCUT2D eigenvalue weighted by Gasteiger charge is 2.26. The lowest BCUT2D eigenvalue weighted by Gasteiger charge is -2.24. The maximum absolute atomic E-state index is 12.7. The molecule has 0 aliphatic carbocycles. The van der Waals surface area contributed by atoms with E-state index in [1.54, 1.807) is 33.8 Å². The standard InChI is InChI=1S/C21H26N2O5/c1-5-17(19(25)28-21(2,3)4)23-13-9-12-16(18(23)24)22-20(26)27-14-15-10-7-6-8-11-15/h6-13,17H,5,14H2,1-4H3,(H,22,26)/t17-/m0/s1. The van der Waals surface area contributed by atoms with Gasteiger partial charge in [0.25, 0.3) is 5.56 Å². The molecule has 0 spiro atoms. The van der Waals surface area contributed by atoms with Crippen LogP contribution < -0.4 is 10.9 Å². The predicted octanol–water partition coefficient (Wildman–Crippen LogP) is 3.89. The number of pyridine rings is 1. The van der Waals surface area contributed by atoms with Crippen LogP contribution in [0.5, 0.6) is 0 Å². The first-order chi connectivity index (χ1) is 13.2. The van der Waals surface area contributed by atoms with E-state index < -0.39 is 29.3 Å². The van der Waals surface area contributed by atoms with Crippen molar-refractivity contribution in [2.45, 2.75) is 52.4 Å². The molecule has 7 heteroatoms. The summed E-state index contributed by atoms with van der Waals surface area (Å²) in [6, 6.07) is 11.5. The molecule has 0 bridgehead atoms. The zero-order valence-electron chi connectivity index (χ0n) is 16.6. The minimum Gasteiger partial charge on any atom is -0.458 e. The molecule has 0 unspecified atom stereocenters. The quantitative estimate of drug-likeness (QED) is 0.761. The van der Waals surface area contributed by atoms with Crippen LogP contribution in [0.2, 0.25) is 0 Å². The molecule has 0 fully saturated rings. The van der Waals surface area contributed by atoms with Gasteiger partial charge in [-0.1, -0.05) is 37.3 Å². The number of hydrogen-bond donors (Lipinski definition) is 1. The molecule has 1 aromatic heterocycles. The second-order valence-corrected chi connectivity index (χ2v) is 7.28. The Labute approximate surface area is 164 Å². The number of carbonyl (C=O) groups is 2. The van der Waals surface area contributed by atoms with Gasteiger partial charge in [0.05, 0.1) is 0 Å². The molecular weight excluding hydrogens is 360 g/mol. The molecule has 2 aromatic rings. The van der Waals surface area contributed by atoms with Crippen molar-refractivity contribution in [1.82, 2.24) is 4.57 Å². The van der Waals surface area contributed by atoms with Gasteiger partial charge in [0.2, 0.25) is 0 Å². The molecule has 1 amide bonds. The second-order valence-electron chi connectivity index (χ2n) is 7.28. The summed E-state index contributed by atoms with van der Waals surface area (Å²) in [6.07, 6.45) is 1.13. The van der Waals surface area contributed by atoms with Crippen molar-refractivity contribution < 1.29 is 19.1 Å². The zero-order chi connectivity index (χ0) is 20.7. The maximum atomic E-state index is 12.7. The fourth-order valence-electron chi connectivity index (χ4n) is 2.57. The number of benzene rings is 1. The number of carbonyl (C=O) groups excluding carboxylic acids is 2. The number of anilines is 1. The molecule has 1 atom stereocenters. The number of ether oxygens (including phenoxy) is 2. The van der Waals surface area contributed by atoms with Crippen molar-refractivity contribution in [2.75, 3.05) is 5.32 Å². The summed E-state index contributed by atoms with van der Waals surface area (Å²) in [6.45, 7) is 7.17. The Balaban J connectivity index is 2.11. The maximum Gasteiger partial charge on any atom is 0.412 e. The van der Waals surface area contributed by atoms with Gasteiger partial charge in [-0.3, -0.25) is 14.7 Å². The van der Waals surface area contributed by atoms with E-state index in [4.69, 9.17) is 9.47 Å². The van der Waals surface area contributed by atoms with Crippen molar-refractivity contribution >= 4 is 17.7 Å². The zero-order valence-corrected chi connectivity index (χ0v) is 16.6. The van der Waals surface area contributed by atoms with E-state index in [0.29, 0.717) is 6.42 Å². The summed E-state index contributed by atoms with van der Waals surface area (Å²) >= 11 is 0. The third-order valence-electron chi connectivity index (χ3n) is 3.83. The lowest BCUT2D eigenvalue weighted by molar-refractivity contribution is -0.159. The van der Waals surface area contributed by atoms with Gasteiger partial charge in [0.15, 0.2) is 0 Å². The van der Waals surface area contributed by atoms with Crippen LogP contribution >= 0.6 is 0 Å². The van der Waals surface area contributed by atoms with E-state index in [-0.39, 0.29) is 12.3 Å². The van der Waals surface area contributed by atoms with Gasteiger partial charge in [0, 0.05) is 6.20 Å². The highest BCUT2D eigenvalue weighted by atomic mass is 16.6. The summed E-state index contributed by atoms with van der Waals surface area (Å²) < 4.78 is 11.8. The smallest absolute Gasteiger partial charge is 0.412 e. The molecule has 0 aliphatic rings. The van der Waals surface area contributed by atoms with E-state index >= 15 is 0 Å². The first kappa shape index (κ1) is 21.2. The van der Waals surface area contributed by atoms with Gasteiger partial charge in [-0.05, 0) is 44.9 Å². The third-order valence-corrected chi connectivity index (χ3v) is 3.83. The number of nitrogens with zero attached hydrogens (tertiary/aromatic N) is 1. The van der Waals surface area contributed by atoms with Crippen molar-refractivity contribution in [1.29, 1.82) is 0 Å². The molecule has 1 heterocycles. The largest absolute Gasteiger partial charge is 0.458 e. The van der Waals surface area contributed by atoms with Gasteiger partial charge in [-0.15, -0.1) is 0 Å². The van der Waals surface area contributed by atoms with Crippen LogP contribution in [0.25, 0.3) is 0 Å². The summed E-state index contributed by atoms with van der Waals surface area (Å²) in [5, 5.41) is 2.44. The van der Waals surface area contributed by atoms with Crippen molar-refractivity contribution in [3.63, 3.8) is 0 Å². The Kier molecular flexibility index (Phi) is 6.98. The number of rotatable bonds is 6. The highest BCUT2D eigenvalue weighted by Crippen LogP contribution is 2.17. The van der Waals surface area contributed by atoms with Gasteiger partial charge >= 0.3 is 12.1 Å². The first-order valence-electron chi connectivity index (χ1n) is 9.13. The minimum atomic E-state index is -0.784. The first-order valence-corrected chi connectivity index (χ1v) is 9.13. The fourth-order valence-corrected chi connectivity index (χ4v) is 2.57. The minimum absolute atomic E-state index is 0.0302. The van der Waals surface area contributed by atoms with Gasteiger partial charge in [-0.25, -0.2) is 9.59 Å². The van der Waals surface area contributed by atoms with Crippen LogP contribution in [0.1, 0.15) is 45.7 Å². The Morgan fingerprint density at radius 3 is 2.39 bits per heavy atom. The molecule has 28 heavy (non-hydrogen) atoms. The highest BCUT2D eigenvalue weighted by molar-refractivity contribution is 5.84. The topological polar surface area (TPSA) is 86.6 Å². The molecule has 1 aromatic carbocycles. The SMILES string of the molecule is CC[C@@H](C(=O)OC(C)(C)C)n1cccc(NC(=O)OCc2ccccc2)c1=O. The number of aromatic nitrogens is 1. The molecule has 0 aliphatic heterocycles. The van der Waals surface area contributed by atoms with Crippen LogP contribution in [0.3, 0.4) is 0 Å². The Morgan fingerprint density at radius 2 is 1.79 bits per heavy atom. The van der Waals surface area contributed by atoms with E-state index in [9.17, 15) is 14.4 Å². The second kappa shape index (κ2) is 9.21. The Morgan fingerprint density at radius 1 is 1.11 bits per heavy atom. The molecule has 150 valence electrons. The van der Waals surface area contributed by atoms with Gasteiger partial charge < -0.3 is 9.47 Å². The third kappa shape index (κ3) is 5.97. The average Bonchev–Trinajstić information content (AvgIpc) is 2.63. The molecule has 0 saturated carbocycles. The number of amides is 1. The molecular formula is C21H26N2O5. The lowest BCUT2D eigenvalue weighted by atomic mass is 10.1. The average molecular weight is 386 g/mol. The summed E-state index contributed by atoms with van der Waals surface area (Å²) in [5.41, 5.74) is -0.302. The Hall–Kier alpha value is -3.09. The predicted molar refractivity (Wildman–Crippen MR) is 106 cm³/mol. The van der Waals surface area contributed by atoms with Crippen LogP contribution in [0, 0.1) is 0 Å². The van der Waals surface area contributed by atoms with Crippen LogP contribution in [-0.4, -0.2) is 22.2 Å². The van der Waals surface area contributed by atoms with Gasteiger partial charge in [-0.2, -0.15) is 0 Å². The van der Waals surface area contributed by atoms with E-state index in [0.717, 1.165) is 5.56 Å². The molecule has 2 rings (SSSR count). The van der Waals surface area contributed by atoms with Crippen LogP contribution in [-0.2, 0) is 20.9 Å². The van der Waals surface area contributed by atoms with Crippen LogP contribution in [0.15, 0.2) is 53.5 Å². The van der Waals surface area contributed by atoms with Gasteiger partial charge in [0.1, 0.15) is 23.9 Å². The number of nitrogens with one attached hydrogen (secondary N) is 1. The van der Waals surface area contributed by atoms with E-state index in [1.807, 2.05) is 30.3 Å². The number of esters is 1. The number of hydrogen-bond acceptors (Lipinski definition) is 5. The summed E-state index contributed by atoms with van der Waals surface area (Å²) in [5.74, 6) is -0.499. The van der Waals surface area contributed by atoms with Crippen molar-refractivity contribution in [3.8, 4) is 0 Å². The molecule has 7 nitrogen and oxygen atoms in total. The van der Waals surface area contributed by atoms with E-state index in [1.165, 1.54) is 16.8 Å². The molecule has 0 radical (unpaired) electrons. The Bertz CT molecular complexity index is 868. The van der Waals surface area contributed by atoms with E-state index in [2.05, 4.69) is 5.32 Å². The van der Waals surface area contributed by atoms with Crippen LogP contribution in [0.4, 0.5) is 10.5 Å². The molecule has 1 N–H and O–H groups in total. The normalized spacial score (nSPS) is 12.1. The summed E-state index contributed by atoms with van der Waals surface area (Å²) in [7, 11) is 0. The van der Waals surface area contributed by atoms with Crippen molar-refractivity contribution in [3.05, 3.63) is 64.6 Å². The lowest BCUT2D eigenvalue weighted by Crippen LogP contribution is -2.35. The monoisotopic (exact) mass is 386 g/mol.